The highest BCUT2D eigenvalue weighted by Gasteiger charge is 2.13. The lowest BCUT2D eigenvalue weighted by Crippen LogP contribution is -2.29. The SMILES string of the molecule is O=C(NCc1ccc(F)cc1)c1cnc(-c2ncccn2)[nH]c1=O. The van der Waals surface area contributed by atoms with Gasteiger partial charge in [-0.2, -0.15) is 0 Å². The molecule has 2 aromatic heterocycles. The van der Waals surface area contributed by atoms with Gasteiger partial charge in [-0.15, -0.1) is 0 Å². The highest BCUT2D eigenvalue weighted by molar-refractivity contribution is 5.93. The van der Waals surface area contributed by atoms with Crippen molar-refractivity contribution < 1.29 is 9.18 Å². The van der Waals surface area contributed by atoms with E-state index in [-0.39, 0.29) is 29.6 Å². The lowest BCUT2D eigenvalue weighted by molar-refractivity contribution is 0.0949. The first-order valence-corrected chi connectivity index (χ1v) is 7.03. The number of H-pyrrole nitrogens is 1. The molecule has 7 nitrogen and oxygen atoms in total. The van der Waals surface area contributed by atoms with Crippen molar-refractivity contribution in [1.82, 2.24) is 25.3 Å². The first-order valence-electron chi connectivity index (χ1n) is 7.03. The molecule has 0 aliphatic rings. The Morgan fingerprint density at radius 2 is 1.83 bits per heavy atom. The van der Waals surface area contributed by atoms with Crippen molar-refractivity contribution in [2.45, 2.75) is 6.54 Å². The molecule has 0 bridgehead atoms. The van der Waals surface area contributed by atoms with Crippen molar-refractivity contribution in [1.29, 1.82) is 0 Å². The largest absolute Gasteiger partial charge is 0.348 e. The number of benzene rings is 1. The van der Waals surface area contributed by atoms with Crippen molar-refractivity contribution in [3.63, 3.8) is 0 Å². The molecule has 0 saturated carbocycles. The molecule has 120 valence electrons. The van der Waals surface area contributed by atoms with Gasteiger partial charge in [0.1, 0.15) is 11.4 Å². The number of nitrogens with one attached hydrogen (secondary N) is 2. The molecule has 3 aromatic rings. The van der Waals surface area contributed by atoms with Crippen LogP contribution in [0.25, 0.3) is 11.6 Å². The van der Waals surface area contributed by atoms with Crippen molar-refractivity contribution in [3.05, 3.63) is 76.2 Å². The zero-order chi connectivity index (χ0) is 16.9. The van der Waals surface area contributed by atoms with Crippen LogP contribution in [0, 0.1) is 5.82 Å². The van der Waals surface area contributed by atoms with Crippen LogP contribution in [0.5, 0.6) is 0 Å². The highest BCUT2D eigenvalue weighted by Crippen LogP contribution is 2.05. The zero-order valence-electron chi connectivity index (χ0n) is 12.4. The predicted octanol–water partition coefficient (Wildman–Crippen LogP) is 1.30. The Morgan fingerprint density at radius 3 is 2.50 bits per heavy atom. The molecule has 0 atom stereocenters. The summed E-state index contributed by atoms with van der Waals surface area (Å²) in [5, 5.41) is 2.58. The summed E-state index contributed by atoms with van der Waals surface area (Å²) in [4.78, 5) is 38.6. The van der Waals surface area contributed by atoms with Gasteiger partial charge in [0, 0.05) is 25.1 Å². The molecule has 24 heavy (non-hydrogen) atoms. The Labute approximate surface area is 135 Å². The quantitative estimate of drug-likeness (QED) is 0.753. The van der Waals surface area contributed by atoms with E-state index in [0.717, 1.165) is 0 Å². The zero-order valence-corrected chi connectivity index (χ0v) is 12.4. The summed E-state index contributed by atoms with van der Waals surface area (Å²) in [6, 6.07) is 7.33. The number of hydrogen-bond acceptors (Lipinski definition) is 5. The Balaban J connectivity index is 1.73. The summed E-state index contributed by atoms with van der Waals surface area (Å²) in [6.45, 7) is 0.169. The van der Waals surface area contributed by atoms with Gasteiger partial charge in [0.2, 0.25) is 0 Å². The maximum Gasteiger partial charge on any atom is 0.264 e. The van der Waals surface area contributed by atoms with Crippen LogP contribution in [0.4, 0.5) is 4.39 Å². The van der Waals surface area contributed by atoms with Crippen LogP contribution in [0.2, 0.25) is 0 Å². The normalized spacial score (nSPS) is 10.4. The van der Waals surface area contributed by atoms with Gasteiger partial charge in [-0.3, -0.25) is 9.59 Å². The van der Waals surface area contributed by atoms with Gasteiger partial charge in [-0.1, -0.05) is 12.1 Å². The molecule has 1 aromatic carbocycles. The van der Waals surface area contributed by atoms with E-state index in [2.05, 4.69) is 25.3 Å². The fraction of sp³-hybridized carbons (Fsp3) is 0.0625. The van der Waals surface area contributed by atoms with Crippen LogP contribution in [-0.4, -0.2) is 25.8 Å². The third kappa shape index (κ3) is 3.49. The molecule has 0 unspecified atom stereocenters. The van der Waals surface area contributed by atoms with Crippen LogP contribution in [0.3, 0.4) is 0 Å². The van der Waals surface area contributed by atoms with Crippen LogP contribution in [0.15, 0.2) is 53.7 Å². The number of carbonyl (C=O) groups is 1. The van der Waals surface area contributed by atoms with Gasteiger partial charge in [0.05, 0.1) is 0 Å². The molecular formula is C16H12FN5O2. The van der Waals surface area contributed by atoms with Gasteiger partial charge < -0.3 is 10.3 Å². The second-order valence-electron chi connectivity index (χ2n) is 4.86. The second kappa shape index (κ2) is 6.78. The molecule has 0 radical (unpaired) electrons. The average Bonchev–Trinajstić information content (AvgIpc) is 2.61. The number of aromatic amines is 1. The predicted molar refractivity (Wildman–Crippen MR) is 83.5 cm³/mol. The van der Waals surface area contributed by atoms with Crippen molar-refractivity contribution in [2.75, 3.05) is 0 Å². The summed E-state index contributed by atoms with van der Waals surface area (Å²) in [5.41, 5.74) is -0.00991. The monoisotopic (exact) mass is 325 g/mol. The molecule has 1 amide bonds. The number of nitrogens with zero attached hydrogens (tertiary/aromatic N) is 3. The summed E-state index contributed by atoms with van der Waals surface area (Å²) >= 11 is 0. The van der Waals surface area contributed by atoms with E-state index in [1.54, 1.807) is 18.2 Å². The first-order chi connectivity index (χ1) is 11.6. The van der Waals surface area contributed by atoms with Crippen LogP contribution < -0.4 is 10.9 Å². The fourth-order valence-corrected chi connectivity index (χ4v) is 1.97. The van der Waals surface area contributed by atoms with E-state index >= 15 is 0 Å². The fourth-order valence-electron chi connectivity index (χ4n) is 1.97. The maximum absolute atomic E-state index is 12.8. The third-order valence-electron chi connectivity index (χ3n) is 3.19. The summed E-state index contributed by atoms with van der Waals surface area (Å²) in [6.07, 6.45) is 4.21. The minimum Gasteiger partial charge on any atom is -0.348 e. The Kier molecular flexibility index (Phi) is 4.37. The van der Waals surface area contributed by atoms with Crippen LogP contribution in [-0.2, 0) is 6.54 Å². The van der Waals surface area contributed by atoms with E-state index in [4.69, 9.17) is 0 Å². The van der Waals surface area contributed by atoms with Gasteiger partial charge in [0.25, 0.3) is 11.5 Å². The lowest BCUT2D eigenvalue weighted by Gasteiger charge is -2.05. The summed E-state index contributed by atoms with van der Waals surface area (Å²) in [7, 11) is 0. The molecular weight excluding hydrogens is 313 g/mol. The first kappa shape index (κ1) is 15.5. The summed E-state index contributed by atoms with van der Waals surface area (Å²) in [5.74, 6) is -0.499. The van der Waals surface area contributed by atoms with Crippen molar-refractivity contribution in [3.8, 4) is 11.6 Å². The van der Waals surface area contributed by atoms with E-state index in [1.165, 1.54) is 30.7 Å². The van der Waals surface area contributed by atoms with E-state index < -0.39 is 11.5 Å². The van der Waals surface area contributed by atoms with Gasteiger partial charge >= 0.3 is 0 Å². The van der Waals surface area contributed by atoms with E-state index in [0.29, 0.717) is 5.56 Å². The molecule has 0 aliphatic heterocycles. The molecule has 0 fully saturated rings. The van der Waals surface area contributed by atoms with Gasteiger partial charge in [-0.05, 0) is 23.8 Å². The van der Waals surface area contributed by atoms with E-state index in [9.17, 15) is 14.0 Å². The number of halogens is 1. The average molecular weight is 325 g/mol. The Bertz CT molecular complexity index is 910. The van der Waals surface area contributed by atoms with Crippen molar-refractivity contribution in [2.24, 2.45) is 0 Å². The van der Waals surface area contributed by atoms with E-state index in [1.807, 2.05) is 0 Å². The number of carbonyl (C=O) groups excluding carboxylic acids is 1. The molecule has 3 rings (SSSR count). The minimum absolute atomic E-state index is 0.128. The standard InChI is InChI=1S/C16H12FN5O2/c17-11-4-2-10(3-5-11)8-21-15(23)12-9-20-14(22-16(12)24)13-18-6-1-7-19-13/h1-7,9H,8H2,(H,21,23)(H,20,22,24). The number of hydrogen-bond donors (Lipinski definition) is 2. The molecule has 2 N–H and O–H groups in total. The molecule has 2 heterocycles. The molecule has 8 heteroatoms. The Hall–Kier alpha value is -3.42. The van der Waals surface area contributed by atoms with Gasteiger partial charge in [-0.25, -0.2) is 19.3 Å². The Morgan fingerprint density at radius 1 is 1.12 bits per heavy atom. The summed E-state index contributed by atoms with van der Waals surface area (Å²) < 4.78 is 12.8. The number of amides is 1. The number of aromatic nitrogens is 4. The third-order valence-corrected chi connectivity index (χ3v) is 3.19. The van der Waals surface area contributed by atoms with Gasteiger partial charge in [0.15, 0.2) is 11.6 Å². The maximum atomic E-state index is 12.8. The lowest BCUT2D eigenvalue weighted by atomic mass is 10.2. The molecule has 0 aliphatic carbocycles. The molecule has 0 spiro atoms. The topological polar surface area (TPSA) is 101 Å². The minimum atomic E-state index is -0.593. The second-order valence-corrected chi connectivity index (χ2v) is 4.86. The molecule has 0 saturated heterocycles. The highest BCUT2D eigenvalue weighted by atomic mass is 19.1. The smallest absolute Gasteiger partial charge is 0.264 e. The van der Waals surface area contributed by atoms with Crippen LogP contribution >= 0.6 is 0 Å². The number of rotatable bonds is 4. The van der Waals surface area contributed by atoms with Crippen LogP contribution in [0.1, 0.15) is 15.9 Å². The van der Waals surface area contributed by atoms with Crippen molar-refractivity contribution >= 4 is 5.91 Å².